The molecule has 0 bridgehead atoms. The summed E-state index contributed by atoms with van der Waals surface area (Å²) in [4.78, 5) is 2.23. The number of amidine groups is 1. The highest BCUT2D eigenvalue weighted by molar-refractivity contribution is 5.85. The number of hydrogen-bond acceptors (Lipinski definition) is 2. The summed E-state index contributed by atoms with van der Waals surface area (Å²) < 4.78 is 0. The van der Waals surface area contributed by atoms with Crippen molar-refractivity contribution in [2.24, 2.45) is 22.8 Å². The van der Waals surface area contributed by atoms with Gasteiger partial charge < -0.3 is 10.7 Å². The molecule has 1 aliphatic rings. The third-order valence-electron chi connectivity index (χ3n) is 3.52. The van der Waals surface area contributed by atoms with Crippen molar-refractivity contribution in [2.75, 3.05) is 13.6 Å². The number of nitrogens with zero attached hydrogens (tertiary/aromatic N) is 2. The highest BCUT2D eigenvalue weighted by Gasteiger charge is 2.31. The second-order valence-corrected chi connectivity index (χ2v) is 4.64. The highest BCUT2D eigenvalue weighted by Crippen LogP contribution is 2.31. The quantitative estimate of drug-likeness (QED) is 0.605. The van der Waals surface area contributed by atoms with Gasteiger partial charge in [-0.25, -0.2) is 0 Å². The number of hydrazone groups is 1. The van der Waals surface area contributed by atoms with Gasteiger partial charge in [0.05, 0.1) is 0 Å². The second kappa shape index (κ2) is 9.32. The Labute approximate surface area is 107 Å². The first-order chi connectivity index (χ1) is 8.24. The molecule has 0 aromatic carbocycles. The number of rotatable bonds is 4. The molecule has 2 atom stereocenters. The van der Waals surface area contributed by atoms with Crippen LogP contribution in [0, 0.1) is 11.8 Å². The van der Waals surface area contributed by atoms with Crippen molar-refractivity contribution in [3.8, 4) is 0 Å². The van der Waals surface area contributed by atoms with Crippen molar-refractivity contribution < 1.29 is 0 Å². The molecule has 1 rings (SSSR count). The van der Waals surface area contributed by atoms with Gasteiger partial charge in [0.15, 0.2) is 0 Å². The van der Waals surface area contributed by atoms with Crippen molar-refractivity contribution >= 4 is 5.84 Å². The van der Waals surface area contributed by atoms with E-state index in [-0.39, 0.29) is 0 Å². The monoisotopic (exact) mass is 241 g/mol. The van der Waals surface area contributed by atoms with E-state index in [1.165, 1.54) is 32.1 Å². The molecule has 102 valence electrons. The lowest BCUT2D eigenvalue weighted by atomic mass is 9.79. The molecule has 0 spiro atoms. The summed E-state index contributed by atoms with van der Waals surface area (Å²) in [6, 6.07) is 0. The molecule has 0 aromatic heterocycles. The Morgan fingerprint density at radius 1 is 1.24 bits per heavy atom. The topological polar surface area (TPSA) is 41.6 Å². The van der Waals surface area contributed by atoms with E-state index in [0.29, 0.717) is 5.92 Å². The van der Waals surface area contributed by atoms with Crippen LogP contribution in [0.3, 0.4) is 0 Å². The zero-order valence-electron chi connectivity index (χ0n) is 12.4. The molecule has 17 heavy (non-hydrogen) atoms. The number of hydrogen-bond donors (Lipinski definition) is 1. The average molecular weight is 241 g/mol. The first kappa shape index (κ1) is 16.3. The molecule has 0 aromatic rings. The fraction of sp³-hybridized carbons (Fsp3) is 0.929. The summed E-state index contributed by atoms with van der Waals surface area (Å²) >= 11 is 0. The Morgan fingerprint density at radius 3 is 2.29 bits per heavy atom. The van der Waals surface area contributed by atoms with Gasteiger partial charge in [-0.15, -0.1) is 0 Å². The molecule has 3 heteroatoms. The standard InChI is InChI=1S/C12H25N3.C2H6/c1-4-6-10-8-9-15(3)12(14-13)11(10)7-5-2;1-2/h10-11H,4-9,13H2,1-3H3;1-2H3/b14-12-;. The molecule has 0 aliphatic carbocycles. The van der Waals surface area contributed by atoms with Crippen LogP contribution < -0.4 is 5.84 Å². The summed E-state index contributed by atoms with van der Waals surface area (Å²) in [6.45, 7) is 9.62. The number of piperidine rings is 1. The smallest absolute Gasteiger partial charge is 0.127 e. The van der Waals surface area contributed by atoms with Gasteiger partial charge >= 0.3 is 0 Å². The average Bonchev–Trinajstić information content (AvgIpc) is 2.36. The van der Waals surface area contributed by atoms with Gasteiger partial charge in [0.25, 0.3) is 0 Å². The van der Waals surface area contributed by atoms with E-state index in [0.717, 1.165) is 18.3 Å². The minimum Gasteiger partial charge on any atom is -0.361 e. The van der Waals surface area contributed by atoms with Crippen LogP contribution in [-0.4, -0.2) is 24.3 Å². The van der Waals surface area contributed by atoms with Crippen LogP contribution in [-0.2, 0) is 0 Å². The number of likely N-dealkylation sites (tertiary alicyclic amines) is 1. The summed E-state index contributed by atoms with van der Waals surface area (Å²) in [5, 5.41) is 4.00. The largest absolute Gasteiger partial charge is 0.361 e. The molecule has 3 nitrogen and oxygen atoms in total. The van der Waals surface area contributed by atoms with Crippen LogP contribution in [0.5, 0.6) is 0 Å². The molecule has 0 radical (unpaired) electrons. The summed E-state index contributed by atoms with van der Waals surface area (Å²) in [7, 11) is 2.11. The molecule has 0 amide bonds. The van der Waals surface area contributed by atoms with Gasteiger partial charge in [0, 0.05) is 19.5 Å². The van der Waals surface area contributed by atoms with E-state index in [4.69, 9.17) is 5.84 Å². The fourth-order valence-electron chi connectivity index (χ4n) is 2.76. The molecule has 0 saturated carbocycles. The van der Waals surface area contributed by atoms with Gasteiger partial charge in [-0.05, 0) is 25.2 Å². The van der Waals surface area contributed by atoms with E-state index in [1.807, 2.05) is 13.8 Å². The minimum absolute atomic E-state index is 0.596. The summed E-state index contributed by atoms with van der Waals surface area (Å²) in [5.41, 5.74) is 0. The van der Waals surface area contributed by atoms with Gasteiger partial charge in [-0.3, -0.25) is 0 Å². The van der Waals surface area contributed by atoms with E-state index < -0.39 is 0 Å². The molecule has 1 heterocycles. The lowest BCUT2D eigenvalue weighted by molar-refractivity contribution is 0.252. The minimum atomic E-state index is 0.596. The first-order valence-corrected chi connectivity index (χ1v) is 7.23. The first-order valence-electron chi connectivity index (χ1n) is 7.23. The lowest BCUT2D eigenvalue weighted by Gasteiger charge is -2.38. The zero-order valence-corrected chi connectivity index (χ0v) is 12.4. The predicted molar refractivity (Wildman–Crippen MR) is 77.0 cm³/mol. The molecule has 2 N–H and O–H groups in total. The Kier molecular flexibility index (Phi) is 8.92. The van der Waals surface area contributed by atoms with E-state index in [9.17, 15) is 0 Å². The maximum Gasteiger partial charge on any atom is 0.127 e. The molecular formula is C14H31N3. The van der Waals surface area contributed by atoms with Crippen LogP contribution in [0.1, 0.15) is 59.8 Å². The van der Waals surface area contributed by atoms with Crippen LogP contribution in [0.15, 0.2) is 5.10 Å². The molecular weight excluding hydrogens is 210 g/mol. The van der Waals surface area contributed by atoms with Crippen molar-refractivity contribution in [2.45, 2.75) is 59.8 Å². The number of nitrogens with two attached hydrogens (primary N) is 1. The van der Waals surface area contributed by atoms with E-state index in [1.54, 1.807) is 0 Å². The normalized spacial score (nSPS) is 26.6. The van der Waals surface area contributed by atoms with Gasteiger partial charge in [-0.2, -0.15) is 5.10 Å². The fourth-order valence-corrected chi connectivity index (χ4v) is 2.76. The predicted octanol–water partition coefficient (Wildman–Crippen LogP) is 3.45. The van der Waals surface area contributed by atoms with E-state index >= 15 is 0 Å². The molecule has 1 aliphatic heterocycles. The lowest BCUT2D eigenvalue weighted by Crippen LogP contribution is -2.44. The van der Waals surface area contributed by atoms with Crippen molar-refractivity contribution in [1.29, 1.82) is 0 Å². The summed E-state index contributed by atoms with van der Waals surface area (Å²) in [5.74, 6) is 8.04. The maximum atomic E-state index is 5.52. The summed E-state index contributed by atoms with van der Waals surface area (Å²) in [6.07, 6.45) is 6.33. The van der Waals surface area contributed by atoms with Crippen LogP contribution in [0.25, 0.3) is 0 Å². The maximum absolute atomic E-state index is 5.52. The molecule has 2 unspecified atom stereocenters. The van der Waals surface area contributed by atoms with Crippen molar-refractivity contribution in [1.82, 2.24) is 4.90 Å². The molecule has 1 fully saturated rings. The third-order valence-corrected chi connectivity index (χ3v) is 3.52. The highest BCUT2D eigenvalue weighted by atomic mass is 15.3. The van der Waals surface area contributed by atoms with Gasteiger partial charge in [0.2, 0.25) is 0 Å². The Morgan fingerprint density at radius 2 is 1.82 bits per heavy atom. The van der Waals surface area contributed by atoms with Gasteiger partial charge in [-0.1, -0.05) is 40.5 Å². The van der Waals surface area contributed by atoms with Crippen LogP contribution in [0.2, 0.25) is 0 Å². The second-order valence-electron chi connectivity index (χ2n) is 4.64. The third kappa shape index (κ3) is 4.57. The Balaban J connectivity index is 0.00000121. The van der Waals surface area contributed by atoms with E-state index in [2.05, 4.69) is 30.9 Å². The van der Waals surface area contributed by atoms with Crippen LogP contribution >= 0.6 is 0 Å². The van der Waals surface area contributed by atoms with Crippen LogP contribution in [0.4, 0.5) is 0 Å². The zero-order chi connectivity index (χ0) is 13.3. The van der Waals surface area contributed by atoms with Crippen molar-refractivity contribution in [3.63, 3.8) is 0 Å². The Bertz CT molecular complexity index is 214. The van der Waals surface area contributed by atoms with Gasteiger partial charge in [0.1, 0.15) is 5.84 Å². The Hall–Kier alpha value is -0.730. The SMILES string of the molecule is CC.CCCC1CCN(C)/C(=N\N)C1CCC. The van der Waals surface area contributed by atoms with Crippen molar-refractivity contribution in [3.05, 3.63) is 0 Å². The molecule has 1 saturated heterocycles.